The quantitative estimate of drug-likeness (QED) is 0.674. The van der Waals surface area contributed by atoms with Crippen molar-refractivity contribution in [2.24, 2.45) is 10.7 Å². The summed E-state index contributed by atoms with van der Waals surface area (Å²) in [4.78, 5) is 8.41. The summed E-state index contributed by atoms with van der Waals surface area (Å²) in [5.74, 6) is 0.483. The van der Waals surface area contributed by atoms with Crippen molar-refractivity contribution in [3.8, 4) is 0 Å². The molecule has 0 unspecified atom stereocenters. The first kappa shape index (κ1) is 15.1. The lowest BCUT2D eigenvalue weighted by Gasteiger charge is -2.26. The van der Waals surface area contributed by atoms with Crippen molar-refractivity contribution < 1.29 is 0 Å². The molecule has 5 heteroatoms. The van der Waals surface area contributed by atoms with Gasteiger partial charge in [0.1, 0.15) is 0 Å². The third-order valence-electron chi connectivity index (χ3n) is 3.91. The summed E-state index contributed by atoms with van der Waals surface area (Å²) >= 11 is 1.87. The number of nitrogens with two attached hydrogens (primary N) is 1. The molecular formula is C17H22N4S. The molecule has 0 aliphatic carbocycles. The van der Waals surface area contributed by atoms with E-state index in [4.69, 9.17) is 5.73 Å². The molecule has 1 aromatic carbocycles. The number of aryl methyl sites for hydroxylation is 1. The minimum Gasteiger partial charge on any atom is -0.370 e. The van der Waals surface area contributed by atoms with Crippen molar-refractivity contribution in [3.63, 3.8) is 0 Å². The summed E-state index contributed by atoms with van der Waals surface area (Å²) in [6, 6.07) is 10.4. The van der Waals surface area contributed by atoms with Gasteiger partial charge in [0.2, 0.25) is 0 Å². The minimum atomic E-state index is 0.483. The number of hydrogen-bond donors (Lipinski definition) is 2. The molecule has 2 aromatic rings. The lowest BCUT2D eigenvalue weighted by Crippen LogP contribution is -2.32. The molecule has 0 spiro atoms. The first-order valence-corrected chi connectivity index (χ1v) is 8.50. The highest BCUT2D eigenvalue weighted by Gasteiger charge is 2.16. The van der Waals surface area contributed by atoms with Gasteiger partial charge in [-0.1, -0.05) is 17.7 Å². The number of fused-ring (bicyclic) bond motifs is 1. The van der Waals surface area contributed by atoms with Gasteiger partial charge in [-0.15, -0.1) is 11.3 Å². The van der Waals surface area contributed by atoms with Crippen LogP contribution in [0.25, 0.3) is 0 Å². The molecule has 22 heavy (non-hydrogen) atoms. The van der Waals surface area contributed by atoms with Crippen LogP contribution in [0.2, 0.25) is 0 Å². The zero-order valence-corrected chi connectivity index (χ0v) is 13.7. The van der Waals surface area contributed by atoms with Crippen molar-refractivity contribution in [1.82, 2.24) is 4.90 Å². The highest BCUT2D eigenvalue weighted by Crippen LogP contribution is 2.23. The Morgan fingerprint density at radius 2 is 2.14 bits per heavy atom. The maximum Gasteiger partial charge on any atom is 0.193 e. The van der Waals surface area contributed by atoms with Gasteiger partial charge in [-0.3, -0.25) is 9.89 Å². The summed E-state index contributed by atoms with van der Waals surface area (Å²) in [6.45, 7) is 5.91. The summed E-state index contributed by atoms with van der Waals surface area (Å²) in [5, 5.41) is 5.32. The fourth-order valence-electron chi connectivity index (χ4n) is 2.63. The number of hydrogen-bond acceptors (Lipinski definition) is 3. The van der Waals surface area contributed by atoms with E-state index in [1.54, 1.807) is 4.88 Å². The Kier molecular flexibility index (Phi) is 4.75. The van der Waals surface area contributed by atoms with E-state index in [0.29, 0.717) is 5.96 Å². The van der Waals surface area contributed by atoms with Crippen LogP contribution in [0.5, 0.6) is 0 Å². The molecular weight excluding hydrogens is 292 g/mol. The Labute approximate surface area is 135 Å². The average Bonchev–Trinajstić information content (AvgIpc) is 2.97. The van der Waals surface area contributed by atoms with E-state index in [0.717, 1.165) is 38.3 Å². The number of nitrogens with one attached hydrogen (secondary N) is 1. The smallest absolute Gasteiger partial charge is 0.193 e. The van der Waals surface area contributed by atoms with Crippen LogP contribution < -0.4 is 11.1 Å². The first-order chi connectivity index (χ1) is 10.7. The fourth-order valence-corrected chi connectivity index (χ4v) is 3.52. The Balaban J connectivity index is 1.46. The number of anilines is 1. The second-order valence-corrected chi connectivity index (χ2v) is 6.65. The van der Waals surface area contributed by atoms with Gasteiger partial charge in [-0.2, -0.15) is 0 Å². The summed E-state index contributed by atoms with van der Waals surface area (Å²) in [7, 11) is 0. The third kappa shape index (κ3) is 3.87. The van der Waals surface area contributed by atoms with Crippen LogP contribution in [0.15, 0.2) is 40.7 Å². The van der Waals surface area contributed by atoms with E-state index >= 15 is 0 Å². The zero-order valence-electron chi connectivity index (χ0n) is 12.9. The maximum absolute atomic E-state index is 5.94. The standard InChI is InChI=1S/C17H22N4S/c1-13-2-4-15(5-3-13)20-17(18)19-8-10-21-9-6-16-14(12-21)7-11-22-16/h2-5,7,11H,6,8-10,12H2,1H3,(H3,18,19,20). The first-order valence-electron chi connectivity index (χ1n) is 7.62. The molecule has 3 rings (SSSR count). The average molecular weight is 314 g/mol. The van der Waals surface area contributed by atoms with E-state index in [9.17, 15) is 0 Å². The van der Waals surface area contributed by atoms with Gasteiger partial charge in [-0.25, -0.2) is 0 Å². The number of guanidine groups is 1. The molecule has 0 bridgehead atoms. The lowest BCUT2D eigenvalue weighted by atomic mass is 10.1. The Morgan fingerprint density at radius 3 is 2.95 bits per heavy atom. The number of thiophene rings is 1. The molecule has 1 aliphatic rings. The second-order valence-electron chi connectivity index (χ2n) is 5.65. The van der Waals surface area contributed by atoms with Gasteiger partial charge < -0.3 is 11.1 Å². The molecule has 0 saturated heterocycles. The van der Waals surface area contributed by atoms with Crippen LogP contribution in [0, 0.1) is 6.92 Å². The van der Waals surface area contributed by atoms with Crippen molar-refractivity contribution in [2.45, 2.75) is 19.9 Å². The maximum atomic E-state index is 5.94. The lowest BCUT2D eigenvalue weighted by molar-refractivity contribution is 0.264. The Bertz CT molecular complexity index is 645. The highest BCUT2D eigenvalue weighted by molar-refractivity contribution is 7.10. The number of benzene rings is 1. The molecule has 0 amide bonds. The van der Waals surface area contributed by atoms with Crippen LogP contribution >= 0.6 is 11.3 Å². The molecule has 0 radical (unpaired) electrons. The zero-order chi connectivity index (χ0) is 15.4. The van der Waals surface area contributed by atoms with Crippen molar-refractivity contribution in [2.75, 3.05) is 25.0 Å². The summed E-state index contributed by atoms with van der Waals surface area (Å²) in [5.41, 5.74) is 9.63. The van der Waals surface area contributed by atoms with Gasteiger partial charge in [0.15, 0.2) is 5.96 Å². The summed E-state index contributed by atoms with van der Waals surface area (Å²) in [6.07, 6.45) is 1.16. The van der Waals surface area contributed by atoms with Crippen LogP contribution in [0.1, 0.15) is 16.0 Å². The summed E-state index contributed by atoms with van der Waals surface area (Å²) < 4.78 is 0. The monoisotopic (exact) mass is 314 g/mol. The second kappa shape index (κ2) is 6.94. The number of aliphatic imine (C=N–C) groups is 1. The molecule has 3 N–H and O–H groups in total. The molecule has 4 nitrogen and oxygen atoms in total. The van der Waals surface area contributed by atoms with Gasteiger partial charge in [0.05, 0.1) is 6.54 Å². The van der Waals surface area contributed by atoms with E-state index in [1.165, 1.54) is 11.1 Å². The Hall–Kier alpha value is -1.85. The molecule has 116 valence electrons. The third-order valence-corrected chi connectivity index (χ3v) is 4.93. The topological polar surface area (TPSA) is 53.6 Å². The van der Waals surface area contributed by atoms with Crippen LogP contribution in [-0.4, -0.2) is 30.5 Å². The molecule has 0 saturated carbocycles. The fraction of sp³-hybridized carbons (Fsp3) is 0.353. The van der Waals surface area contributed by atoms with E-state index in [2.05, 4.69) is 45.7 Å². The van der Waals surface area contributed by atoms with Gasteiger partial charge in [-0.05, 0) is 42.5 Å². The van der Waals surface area contributed by atoms with Gasteiger partial charge in [0.25, 0.3) is 0 Å². The predicted molar refractivity (Wildman–Crippen MR) is 94.6 cm³/mol. The molecule has 2 heterocycles. The largest absolute Gasteiger partial charge is 0.370 e. The van der Waals surface area contributed by atoms with E-state index in [-0.39, 0.29) is 0 Å². The normalized spacial score (nSPS) is 15.6. The van der Waals surface area contributed by atoms with E-state index < -0.39 is 0 Å². The van der Waals surface area contributed by atoms with Gasteiger partial charge >= 0.3 is 0 Å². The van der Waals surface area contributed by atoms with Crippen molar-refractivity contribution >= 4 is 23.0 Å². The number of nitrogens with zero attached hydrogens (tertiary/aromatic N) is 2. The minimum absolute atomic E-state index is 0.483. The van der Waals surface area contributed by atoms with E-state index in [1.807, 2.05) is 23.5 Å². The molecule has 1 aliphatic heterocycles. The highest BCUT2D eigenvalue weighted by atomic mass is 32.1. The Morgan fingerprint density at radius 1 is 1.32 bits per heavy atom. The van der Waals surface area contributed by atoms with Crippen LogP contribution in [0.3, 0.4) is 0 Å². The van der Waals surface area contributed by atoms with Gasteiger partial charge in [0, 0.05) is 30.2 Å². The van der Waals surface area contributed by atoms with Crippen LogP contribution in [0.4, 0.5) is 5.69 Å². The van der Waals surface area contributed by atoms with Crippen molar-refractivity contribution in [1.29, 1.82) is 0 Å². The molecule has 0 fully saturated rings. The molecule has 0 atom stereocenters. The molecule has 1 aromatic heterocycles. The van der Waals surface area contributed by atoms with Crippen LogP contribution in [-0.2, 0) is 13.0 Å². The predicted octanol–water partition coefficient (Wildman–Crippen LogP) is 2.84. The van der Waals surface area contributed by atoms with Crippen molar-refractivity contribution in [3.05, 3.63) is 51.7 Å². The SMILES string of the molecule is Cc1ccc(NC(N)=NCCN2CCc3sccc3C2)cc1. The number of rotatable bonds is 4.